The topological polar surface area (TPSA) is 41.5 Å². The van der Waals surface area contributed by atoms with Crippen LogP contribution >= 0.6 is 11.6 Å². The van der Waals surface area contributed by atoms with Gasteiger partial charge in [-0.1, -0.05) is 11.6 Å². The van der Waals surface area contributed by atoms with Gasteiger partial charge in [-0.15, -0.1) is 0 Å². The number of hydrogen-bond donors (Lipinski definition) is 2. The lowest BCUT2D eigenvalue weighted by Gasteiger charge is -2.10. The number of rotatable bonds is 8. The molecule has 0 aromatic heterocycles. The van der Waals surface area contributed by atoms with Gasteiger partial charge in [0.15, 0.2) is 0 Å². The quantitative estimate of drug-likeness (QED) is 0.715. The summed E-state index contributed by atoms with van der Waals surface area (Å²) in [7, 11) is 0. The third kappa shape index (κ3) is 5.25. The fourth-order valence-electron chi connectivity index (χ4n) is 1.74. The summed E-state index contributed by atoms with van der Waals surface area (Å²) in [5.74, 6) is 0.887. The van der Waals surface area contributed by atoms with Crippen LogP contribution in [-0.4, -0.2) is 31.4 Å². The van der Waals surface area contributed by atoms with Gasteiger partial charge in [-0.2, -0.15) is 0 Å². The van der Waals surface area contributed by atoms with Crippen LogP contribution in [0.4, 0.5) is 0 Å². The third-order valence-corrected chi connectivity index (χ3v) is 3.31. The van der Waals surface area contributed by atoms with Gasteiger partial charge in [0.1, 0.15) is 5.75 Å². The van der Waals surface area contributed by atoms with Crippen LogP contribution in [0, 0.1) is 13.8 Å². The lowest BCUT2D eigenvalue weighted by Crippen LogP contribution is -2.19. The molecule has 0 aliphatic heterocycles. The van der Waals surface area contributed by atoms with E-state index in [1.54, 1.807) is 0 Å². The third-order valence-electron chi connectivity index (χ3n) is 2.72. The van der Waals surface area contributed by atoms with Crippen LogP contribution in [0.5, 0.6) is 5.75 Å². The molecule has 2 N–H and O–H groups in total. The summed E-state index contributed by atoms with van der Waals surface area (Å²) in [6.07, 6.45) is 2.05. The Morgan fingerprint density at radius 3 is 2.44 bits per heavy atom. The first kappa shape index (κ1) is 15.3. The molecule has 3 nitrogen and oxygen atoms in total. The minimum atomic E-state index is 0.194. The minimum absolute atomic E-state index is 0.194. The lowest BCUT2D eigenvalue weighted by molar-refractivity contribution is 0.286. The van der Waals surface area contributed by atoms with E-state index in [-0.39, 0.29) is 6.61 Å². The van der Waals surface area contributed by atoms with Crippen molar-refractivity contribution in [1.29, 1.82) is 0 Å². The van der Waals surface area contributed by atoms with Crippen LogP contribution in [0.3, 0.4) is 0 Å². The Kier molecular flexibility index (Phi) is 7.09. The van der Waals surface area contributed by atoms with Gasteiger partial charge in [0.2, 0.25) is 0 Å². The van der Waals surface area contributed by atoms with Crippen molar-refractivity contribution in [1.82, 2.24) is 5.32 Å². The van der Waals surface area contributed by atoms with E-state index >= 15 is 0 Å². The highest BCUT2D eigenvalue weighted by atomic mass is 35.5. The summed E-state index contributed by atoms with van der Waals surface area (Å²) < 4.78 is 5.69. The van der Waals surface area contributed by atoms with Crippen molar-refractivity contribution in [2.75, 3.05) is 26.3 Å². The number of aryl methyl sites for hydroxylation is 2. The maximum absolute atomic E-state index is 8.59. The molecule has 0 heterocycles. The molecule has 0 spiro atoms. The van der Waals surface area contributed by atoms with E-state index in [1.165, 1.54) is 0 Å². The molecule has 0 atom stereocenters. The summed E-state index contributed by atoms with van der Waals surface area (Å²) in [5, 5.41) is 12.5. The molecule has 0 radical (unpaired) electrons. The molecular formula is C14H22ClNO2. The average molecular weight is 272 g/mol. The fourth-order valence-corrected chi connectivity index (χ4v) is 1.84. The van der Waals surface area contributed by atoms with E-state index in [4.69, 9.17) is 21.4 Å². The monoisotopic (exact) mass is 271 g/mol. The molecule has 1 rings (SSSR count). The van der Waals surface area contributed by atoms with E-state index in [0.29, 0.717) is 13.2 Å². The zero-order valence-electron chi connectivity index (χ0n) is 11.1. The van der Waals surface area contributed by atoms with Gasteiger partial charge in [0.25, 0.3) is 0 Å². The van der Waals surface area contributed by atoms with Gasteiger partial charge >= 0.3 is 0 Å². The molecule has 1 aromatic carbocycles. The Morgan fingerprint density at radius 1 is 1.17 bits per heavy atom. The van der Waals surface area contributed by atoms with Gasteiger partial charge in [0.05, 0.1) is 13.2 Å². The van der Waals surface area contributed by atoms with E-state index in [1.807, 2.05) is 26.0 Å². The van der Waals surface area contributed by atoms with Gasteiger partial charge in [0, 0.05) is 11.6 Å². The Labute approximate surface area is 114 Å². The highest BCUT2D eigenvalue weighted by molar-refractivity contribution is 6.32. The van der Waals surface area contributed by atoms with E-state index in [9.17, 15) is 0 Å². The Hall–Kier alpha value is -0.770. The average Bonchev–Trinajstić information content (AvgIpc) is 2.34. The molecular weight excluding hydrogens is 250 g/mol. The summed E-state index contributed by atoms with van der Waals surface area (Å²) in [4.78, 5) is 0. The standard InChI is InChI=1S/C14H22ClNO2/c1-11-9-13(10-12(2)14(11)15)18-8-4-3-5-16-6-7-17/h9-10,16-17H,3-8H2,1-2H3. The summed E-state index contributed by atoms with van der Waals surface area (Å²) in [5.41, 5.74) is 2.10. The van der Waals surface area contributed by atoms with Crippen LogP contribution < -0.4 is 10.1 Å². The van der Waals surface area contributed by atoms with Crippen LogP contribution in [0.1, 0.15) is 24.0 Å². The van der Waals surface area contributed by atoms with Gasteiger partial charge in [-0.3, -0.25) is 0 Å². The van der Waals surface area contributed by atoms with E-state index in [2.05, 4.69) is 5.32 Å². The molecule has 1 aromatic rings. The van der Waals surface area contributed by atoms with Gasteiger partial charge < -0.3 is 15.2 Å². The van der Waals surface area contributed by atoms with Gasteiger partial charge in [-0.25, -0.2) is 0 Å². The number of ether oxygens (including phenoxy) is 1. The summed E-state index contributed by atoms with van der Waals surface area (Å²) >= 11 is 6.10. The van der Waals surface area contributed by atoms with E-state index < -0.39 is 0 Å². The molecule has 18 heavy (non-hydrogen) atoms. The first-order valence-corrected chi connectivity index (χ1v) is 6.74. The highest BCUT2D eigenvalue weighted by Crippen LogP contribution is 2.25. The highest BCUT2D eigenvalue weighted by Gasteiger charge is 2.03. The smallest absolute Gasteiger partial charge is 0.119 e. The number of hydrogen-bond acceptors (Lipinski definition) is 3. The predicted octanol–water partition coefficient (Wildman–Crippen LogP) is 2.70. The minimum Gasteiger partial charge on any atom is -0.494 e. The number of unbranched alkanes of at least 4 members (excludes halogenated alkanes) is 1. The Balaban J connectivity index is 2.23. The van der Waals surface area contributed by atoms with Crippen molar-refractivity contribution in [3.63, 3.8) is 0 Å². The largest absolute Gasteiger partial charge is 0.494 e. The van der Waals surface area contributed by atoms with Crippen molar-refractivity contribution in [2.45, 2.75) is 26.7 Å². The Bertz CT molecular complexity index is 346. The van der Waals surface area contributed by atoms with Crippen molar-refractivity contribution < 1.29 is 9.84 Å². The van der Waals surface area contributed by atoms with E-state index in [0.717, 1.165) is 41.3 Å². The molecule has 0 aliphatic carbocycles. The summed E-state index contributed by atoms with van der Waals surface area (Å²) in [6, 6.07) is 3.94. The zero-order chi connectivity index (χ0) is 13.4. The van der Waals surface area contributed by atoms with Crippen molar-refractivity contribution in [3.8, 4) is 5.75 Å². The Morgan fingerprint density at radius 2 is 1.83 bits per heavy atom. The molecule has 0 aliphatic rings. The van der Waals surface area contributed by atoms with Crippen molar-refractivity contribution >= 4 is 11.6 Å². The van der Waals surface area contributed by atoms with Crippen molar-refractivity contribution in [2.24, 2.45) is 0 Å². The maximum atomic E-state index is 8.59. The lowest BCUT2D eigenvalue weighted by atomic mass is 10.1. The summed E-state index contributed by atoms with van der Waals surface area (Å²) in [6.45, 7) is 6.46. The second-order valence-corrected chi connectivity index (χ2v) is 4.78. The molecule has 0 fully saturated rings. The number of halogens is 1. The zero-order valence-corrected chi connectivity index (χ0v) is 11.9. The van der Waals surface area contributed by atoms with Crippen LogP contribution in [0.2, 0.25) is 5.02 Å². The maximum Gasteiger partial charge on any atom is 0.119 e. The molecule has 0 saturated heterocycles. The predicted molar refractivity (Wildman–Crippen MR) is 75.6 cm³/mol. The first-order chi connectivity index (χ1) is 8.65. The first-order valence-electron chi connectivity index (χ1n) is 6.36. The number of aliphatic hydroxyl groups is 1. The van der Waals surface area contributed by atoms with Crippen molar-refractivity contribution in [3.05, 3.63) is 28.3 Å². The van der Waals surface area contributed by atoms with Gasteiger partial charge in [-0.05, 0) is 56.5 Å². The molecule has 0 saturated carbocycles. The van der Waals surface area contributed by atoms with Crippen LogP contribution in [0.15, 0.2) is 12.1 Å². The molecule has 0 amide bonds. The number of benzene rings is 1. The normalized spacial score (nSPS) is 10.7. The fraction of sp³-hybridized carbons (Fsp3) is 0.571. The van der Waals surface area contributed by atoms with Crippen LogP contribution in [-0.2, 0) is 0 Å². The number of aliphatic hydroxyl groups excluding tert-OH is 1. The molecule has 0 bridgehead atoms. The molecule has 0 unspecified atom stereocenters. The SMILES string of the molecule is Cc1cc(OCCCCNCCO)cc(C)c1Cl. The number of nitrogens with one attached hydrogen (secondary N) is 1. The molecule has 4 heteroatoms. The second kappa shape index (κ2) is 8.35. The van der Waals surface area contributed by atoms with Crippen LogP contribution in [0.25, 0.3) is 0 Å². The molecule has 102 valence electrons. The second-order valence-electron chi connectivity index (χ2n) is 4.40.